The Balaban J connectivity index is 1.43. The Morgan fingerprint density at radius 1 is 1.13 bits per heavy atom. The summed E-state index contributed by atoms with van der Waals surface area (Å²) in [6.07, 6.45) is 3.64. The van der Waals surface area contributed by atoms with Gasteiger partial charge in [-0.15, -0.1) is 0 Å². The largest absolute Gasteiger partial charge is 0.504 e. The summed E-state index contributed by atoms with van der Waals surface area (Å²) in [4.78, 5) is 16.3. The molecule has 0 radical (unpaired) electrons. The number of Topliss-reactive ketones (excluding diaryl/α,β-unsaturated/α-hetero) is 1. The minimum Gasteiger partial charge on any atom is -0.504 e. The molecule has 160 valence electrons. The molecule has 2 heterocycles. The fourth-order valence-electron chi connectivity index (χ4n) is 7.27. The summed E-state index contributed by atoms with van der Waals surface area (Å²) < 4.78 is 6.29. The smallest absolute Gasteiger partial charge is 0.181 e. The molecular weight excluding hydrogens is 390 g/mol. The van der Waals surface area contributed by atoms with Crippen molar-refractivity contribution in [1.82, 2.24) is 4.90 Å². The zero-order valence-electron chi connectivity index (χ0n) is 17.5. The number of ether oxygens (including phenoxy) is 1. The van der Waals surface area contributed by atoms with Crippen LogP contribution in [0.1, 0.15) is 48.3 Å². The van der Waals surface area contributed by atoms with Crippen molar-refractivity contribution in [1.29, 1.82) is 0 Å². The van der Waals surface area contributed by atoms with E-state index in [1.807, 2.05) is 36.4 Å². The summed E-state index contributed by atoms with van der Waals surface area (Å²) in [7, 11) is 0. The highest BCUT2D eigenvalue weighted by molar-refractivity contribution is 5.95. The number of benzene rings is 2. The fraction of sp³-hybridized carbons (Fsp3) is 0.500. The Bertz CT molecular complexity index is 1100. The number of ketones is 1. The first-order chi connectivity index (χ1) is 15.0. The number of phenols is 1. The molecule has 5 aliphatic rings. The lowest BCUT2D eigenvalue weighted by atomic mass is 9.47. The Kier molecular flexibility index (Phi) is 3.47. The highest BCUT2D eigenvalue weighted by atomic mass is 16.5. The molecule has 0 amide bonds. The van der Waals surface area contributed by atoms with Gasteiger partial charge in [-0.1, -0.05) is 36.4 Å². The van der Waals surface area contributed by atoms with Gasteiger partial charge in [-0.3, -0.25) is 9.69 Å². The maximum absolute atomic E-state index is 13.8. The van der Waals surface area contributed by atoms with Gasteiger partial charge < -0.3 is 14.9 Å². The number of phenolic OH excluding ortho intramolecular Hbond substituents is 1. The Morgan fingerprint density at radius 2 is 1.94 bits per heavy atom. The number of aliphatic hydroxyl groups is 1. The van der Waals surface area contributed by atoms with Crippen LogP contribution in [0.3, 0.4) is 0 Å². The van der Waals surface area contributed by atoms with Crippen LogP contribution < -0.4 is 4.74 Å². The maximum atomic E-state index is 13.8. The first-order valence-electron chi connectivity index (χ1n) is 11.6. The second-order valence-corrected chi connectivity index (χ2v) is 10.3. The van der Waals surface area contributed by atoms with Crippen molar-refractivity contribution >= 4 is 5.78 Å². The number of aromatic hydroxyl groups is 1. The quantitative estimate of drug-likeness (QED) is 0.804. The van der Waals surface area contributed by atoms with E-state index in [-0.39, 0.29) is 17.6 Å². The summed E-state index contributed by atoms with van der Waals surface area (Å²) in [5.74, 6) is 0.879. The molecule has 3 aliphatic carbocycles. The van der Waals surface area contributed by atoms with Gasteiger partial charge in [-0.2, -0.15) is 0 Å². The van der Waals surface area contributed by atoms with E-state index in [4.69, 9.17) is 4.74 Å². The Labute approximate surface area is 181 Å². The molecule has 3 fully saturated rings. The number of nitrogens with zero attached hydrogens (tertiary/aromatic N) is 1. The van der Waals surface area contributed by atoms with Crippen molar-refractivity contribution in [2.45, 2.75) is 61.2 Å². The molecule has 1 saturated heterocycles. The number of rotatable bonds is 3. The number of carbonyl (C=O) groups is 1. The van der Waals surface area contributed by atoms with Crippen molar-refractivity contribution in [3.05, 3.63) is 59.2 Å². The van der Waals surface area contributed by atoms with E-state index in [1.54, 1.807) is 6.07 Å². The molecule has 1 spiro atoms. The third kappa shape index (κ3) is 2.16. The molecular formula is C26H27NO4. The van der Waals surface area contributed by atoms with Crippen molar-refractivity contribution in [3.63, 3.8) is 0 Å². The average molecular weight is 418 g/mol. The summed E-state index contributed by atoms with van der Waals surface area (Å²) in [5.41, 5.74) is 1.14. The van der Waals surface area contributed by atoms with Crippen LogP contribution in [0, 0.1) is 5.92 Å². The van der Waals surface area contributed by atoms with E-state index in [2.05, 4.69) is 4.90 Å². The molecule has 5 atom stereocenters. The molecule has 2 N–H and O–H groups in total. The second-order valence-electron chi connectivity index (χ2n) is 10.3. The third-order valence-corrected chi connectivity index (χ3v) is 8.83. The molecule has 2 bridgehead atoms. The monoisotopic (exact) mass is 417 g/mol. The van der Waals surface area contributed by atoms with Crippen LogP contribution in [-0.4, -0.2) is 51.7 Å². The molecule has 2 aliphatic heterocycles. The van der Waals surface area contributed by atoms with Gasteiger partial charge in [0.25, 0.3) is 0 Å². The van der Waals surface area contributed by atoms with E-state index in [0.717, 1.165) is 42.1 Å². The first kappa shape index (κ1) is 18.2. The standard InChI is InChI=1S/C26H27NO4/c28-19-9-8-17-12-20-26(30)13-18(16-4-2-1-3-5-16)22(29)24-25(26,21(17)23(19)31-24)10-11-27(20)14-15-6-7-15/h1-5,8-9,15,18,20,24,28,30H,6-7,10-14H2/t18-,20-,24+,25+,26-/m1/s1. The Morgan fingerprint density at radius 3 is 2.71 bits per heavy atom. The second kappa shape index (κ2) is 5.90. The van der Waals surface area contributed by atoms with Gasteiger partial charge in [0, 0.05) is 24.1 Å². The molecule has 5 nitrogen and oxygen atoms in total. The Hall–Kier alpha value is -2.37. The minimum atomic E-state index is -1.06. The summed E-state index contributed by atoms with van der Waals surface area (Å²) >= 11 is 0. The number of piperidine rings is 1. The normalized spacial score (nSPS) is 38.0. The van der Waals surface area contributed by atoms with Gasteiger partial charge in [0.05, 0.1) is 11.0 Å². The predicted octanol–water partition coefficient (Wildman–Crippen LogP) is 2.92. The van der Waals surface area contributed by atoms with E-state index in [0.29, 0.717) is 18.6 Å². The summed E-state index contributed by atoms with van der Waals surface area (Å²) in [6.45, 7) is 1.89. The van der Waals surface area contributed by atoms with Crippen LogP contribution in [0.15, 0.2) is 42.5 Å². The van der Waals surface area contributed by atoms with Crippen LogP contribution in [-0.2, 0) is 16.6 Å². The predicted molar refractivity (Wildman–Crippen MR) is 114 cm³/mol. The SMILES string of the molecule is O=C1[C@@H](c2ccccc2)C[C@@]2(O)[C@H]3Cc4ccc(O)c5c4[C@@]2(CCN3CC2CC2)[C@H]1O5. The highest BCUT2D eigenvalue weighted by Crippen LogP contribution is 2.66. The van der Waals surface area contributed by atoms with Crippen LogP contribution in [0.5, 0.6) is 11.5 Å². The van der Waals surface area contributed by atoms with Crippen molar-refractivity contribution < 1.29 is 19.7 Å². The van der Waals surface area contributed by atoms with E-state index in [9.17, 15) is 15.0 Å². The van der Waals surface area contributed by atoms with Gasteiger partial charge >= 0.3 is 0 Å². The maximum Gasteiger partial charge on any atom is 0.181 e. The van der Waals surface area contributed by atoms with E-state index >= 15 is 0 Å². The third-order valence-electron chi connectivity index (χ3n) is 8.83. The number of hydrogen-bond acceptors (Lipinski definition) is 5. The molecule has 2 saturated carbocycles. The molecule has 2 aromatic rings. The van der Waals surface area contributed by atoms with Crippen LogP contribution in [0.25, 0.3) is 0 Å². The topological polar surface area (TPSA) is 70.0 Å². The summed E-state index contributed by atoms with van der Waals surface area (Å²) in [6, 6.07) is 13.4. The fourth-order valence-corrected chi connectivity index (χ4v) is 7.27. The molecule has 0 aromatic heterocycles. The van der Waals surface area contributed by atoms with Crippen LogP contribution >= 0.6 is 0 Å². The zero-order valence-corrected chi connectivity index (χ0v) is 17.5. The average Bonchev–Trinajstić information content (AvgIpc) is 3.51. The number of hydrogen-bond donors (Lipinski definition) is 2. The van der Waals surface area contributed by atoms with Crippen LogP contribution in [0.4, 0.5) is 0 Å². The minimum absolute atomic E-state index is 0.0322. The van der Waals surface area contributed by atoms with Gasteiger partial charge in [0.15, 0.2) is 23.4 Å². The van der Waals surface area contributed by atoms with Crippen molar-refractivity contribution in [3.8, 4) is 11.5 Å². The lowest BCUT2D eigenvalue weighted by Gasteiger charge is -2.63. The van der Waals surface area contributed by atoms with Crippen LogP contribution in [0.2, 0.25) is 0 Å². The van der Waals surface area contributed by atoms with Crippen molar-refractivity contribution in [2.24, 2.45) is 5.92 Å². The summed E-state index contributed by atoms with van der Waals surface area (Å²) in [5, 5.41) is 23.2. The van der Waals surface area contributed by atoms with Gasteiger partial charge in [-0.25, -0.2) is 0 Å². The molecule has 31 heavy (non-hydrogen) atoms. The molecule has 0 unspecified atom stereocenters. The van der Waals surface area contributed by atoms with Crippen molar-refractivity contribution in [2.75, 3.05) is 13.1 Å². The van der Waals surface area contributed by atoms with Gasteiger partial charge in [0.1, 0.15) is 0 Å². The number of likely N-dealkylation sites (tertiary alicyclic amines) is 1. The zero-order chi connectivity index (χ0) is 21.0. The van der Waals surface area contributed by atoms with Gasteiger partial charge in [0.2, 0.25) is 0 Å². The lowest BCUT2D eigenvalue weighted by Crippen LogP contribution is -2.77. The van der Waals surface area contributed by atoms with E-state index < -0.39 is 23.0 Å². The molecule has 2 aromatic carbocycles. The van der Waals surface area contributed by atoms with Gasteiger partial charge in [-0.05, 0) is 61.8 Å². The highest BCUT2D eigenvalue weighted by Gasteiger charge is 2.74. The lowest BCUT2D eigenvalue weighted by molar-refractivity contribution is -0.192. The molecule has 7 rings (SSSR count). The van der Waals surface area contributed by atoms with E-state index in [1.165, 1.54) is 12.8 Å². The number of carbonyl (C=O) groups excluding carboxylic acids is 1. The molecule has 5 heteroatoms. The first-order valence-corrected chi connectivity index (χ1v) is 11.6.